The molecule has 3 rings (SSSR count). The van der Waals surface area contributed by atoms with Gasteiger partial charge in [-0.1, -0.05) is 55.0 Å². The molecule has 1 N–H and O–H groups in total. The number of hydrogen-bond acceptors (Lipinski definition) is 3. The van der Waals surface area contributed by atoms with Crippen LogP contribution in [0.2, 0.25) is 0 Å². The summed E-state index contributed by atoms with van der Waals surface area (Å²) in [6, 6.07) is 12.9. The van der Waals surface area contributed by atoms with E-state index < -0.39 is 11.6 Å². The number of nitrogens with one attached hydrogen (secondary N) is 1. The number of hydrogen-bond donors (Lipinski definition) is 1. The number of amides is 3. The van der Waals surface area contributed by atoms with Gasteiger partial charge in [0.25, 0.3) is 5.91 Å². The summed E-state index contributed by atoms with van der Waals surface area (Å²) >= 11 is 0. The minimum atomic E-state index is -1.06. The van der Waals surface area contributed by atoms with Crippen molar-refractivity contribution in [2.75, 3.05) is 0 Å². The van der Waals surface area contributed by atoms with Crippen LogP contribution in [0.25, 0.3) is 0 Å². The van der Waals surface area contributed by atoms with Gasteiger partial charge in [-0.15, -0.1) is 5.01 Å². The average molecular weight is 349 g/mol. The molecule has 0 saturated carbocycles. The third-order valence-corrected chi connectivity index (χ3v) is 4.91. The Morgan fingerprint density at radius 3 is 2.27 bits per heavy atom. The molecule has 0 aromatic heterocycles. The summed E-state index contributed by atoms with van der Waals surface area (Å²) in [4.78, 5) is 25.5. The molecule has 3 amide bonds. The molecule has 0 spiro atoms. The first kappa shape index (κ1) is 17.9. The first-order valence-electron chi connectivity index (χ1n) is 8.73. The normalized spacial score (nSPS) is 20.1. The van der Waals surface area contributed by atoms with E-state index in [1.807, 2.05) is 58.0 Å². The summed E-state index contributed by atoms with van der Waals surface area (Å²) in [6.07, 6.45) is 2.05. The van der Waals surface area contributed by atoms with Crippen LogP contribution in [0.1, 0.15) is 41.2 Å². The smallest absolute Gasteiger partial charge is 0.318 e. The van der Waals surface area contributed by atoms with E-state index in [0.717, 1.165) is 27.3 Å². The molecular formula is C21H23N3O2. The van der Waals surface area contributed by atoms with Crippen LogP contribution in [0.5, 0.6) is 0 Å². The van der Waals surface area contributed by atoms with Gasteiger partial charge in [0.05, 0.1) is 6.21 Å². The summed E-state index contributed by atoms with van der Waals surface area (Å²) in [5, 5.41) is 7.99. The van der Waals surface area contributed by atoms with Crippen LogP contribution >= 0.6 is 0 Å². The van der Waals surface area contributed by atoms with Crippen LogP contribution in [-0.4, -0.2) is 23.2 Å². The fraction of sp³-hybridized carbons (Fsp3) is 0.286. The van der Waals surface area contributed by atoms with Crippen molar-refractivity contribution in [2.45, 2.75) is 39.7 Å². The molecule has 0 bridgehead atoms. The Morgan fingerprint density at radius 1 is 1.08 bits per heavy atom. The van der Waals surface area contributed by atoms with Gasteiger partial charge in [-0.25, -0.2) is 4.79 Å². The van der Waals surface area contributed by atoms with E-state index in [-0.39, 0.29) is 5.91 Å². The minimum Gasteiger partial charge on any atom is -0.318 e. The van der Waals surface area contributed by atoms with Gasteiger partial charge in [0, 0.05) is 5.56 Å². The zero-order chi connectivity index (χ0) is 18.9. The van der Waals surface area contributed by atoms with Crippen LogP contribution in [0.4, 0.5) is 4.79 Å². The molecule has 2 aromatic carbocycles. The van der Waals surface area contributed by atoms with Gasteiger partial charge in [-0.05, 0) is 43.9 Å². The Labute approximate surface area is 153 Å². The summed E-state index contributed by atoms with van der Waals surface area (Å²) in [5.41, 5.74) is 3.91. The number of rotatable bonds is 4. The average Bonchev–Trinajstić information content (AvgIpc) is 2.86. The van der Waals surface area contributed by atoms with Crippen molar-refractivity contribution in [1.82, 2.24) is 10.3 Å². The van der Waals surface area contributed by atoms with Gasteiger partial charge in [0.15, 0.2) is 0 Å². The van der Waals surface area contributed by atoms with Gasteiger partial charge in [0.2, 0.25) is 0 Å². The van der Waals surface area contributed by atoms with E-state index in [1.54, 1.807) is 6.21 Å². The molecule has 5 nitrogen and oxygen atoms in total. The SMILES string of the molecule is CC[C@]1(c2ccccc2)NC(=O)N(/N=C\c2c(C)cc(C)cc2C)C1=O. The van der Waals surface area contributed by atoms with Gasteiger partial charge < -0.3 is 5.32 Å². The van der Waals surface area contributed by atoms with E-state index in [1.165, 1.54) is 5.56 Å². The second kappa shape index (κ2) is 6.75. The number of hydrazone groups is 1. The number of aryl methyl sites for hydroxylation is 3. The molecule has 26 heavy (non-hydrogen) atoms. The van der Waals surface area contributed by atoms with Crippen LogP contribution in [-0.2, 0) is 10.3 Å². The van der Waals surface area contributed by atoms with Gasteiger partial charge in [-0.2, -0.15) is 5.10 Å². The number of carbonyl (C=O) groups excluding carboxylic acids is 2. The Balaban J connectivity index is 1.95. The fourth-order valence-electron chi connectivity index (χ4n) is 3.54. The lowest BCUT2D eigenvalue weighted by Gasteiger charge is -2.24. The quantitative estimate of drug-likeness (QED) is 0.674. The van der Waals surface area contributed by atoms with Crippen molar-refractivity contribution in [2.24, 2.45) is 5.10 Å². The van der Waals surface area contributed by atoms with E-state index in [4.69, 9.17) is 0 Å². The predicted molar refractivity (Wildman–Crippen MR) is 102 cm³/mol. The van der Waals surface area contributed by atoms with E-state index >= 15 is 0 Å². The van der Waals surface area contributed by atoms with Crippen molar-refractivity contribution in [3.05, 3.63) is 70.3 Å². The number of urea groups is 1. The lowest BCUT2D eigenvalue weighted by molar-refractivity contribution is -0.131. The molecule has 0 aliphatic carbocycles. The number of benzene rings is 2. The van der Waals surface area contributed by atoms with Crippen LogP contribution in [0.15, 0.2) is 47.6 Å². The highest BCUT2D eigenvalue weighted by atomic mass is 16.2. The molecule has 1 saturated heterocycles. The largest absolute Gasteiger partial charge is 0.346 e. The Hall–Kier alpha value is -2.95. The molecule has 1 aliphatic heterocycles. The summed E-state index contributed by atoms with van der Waals surface area (Å²) in [6.45, 7) is 7.90. The maximum Gasteiger partial charge on any atom is 0.346 e. The molecule has 0 unspecified atom stereocenters. The summed E-state index contributed by atoms with van der Waals surface area (Å²) in [5.74, 6) is -0.352. The molecule has 0 radical (unpaired) electrons. The first-order valence-corrected chi connectivity index (χ1v) is 8.73. The van der Waals surface area contributed by atoms with Crippen molar-refractivity contribution < 1.29 is 9.59 Å². The molecule has 1 fully saturated rings. The lowest BCUT2D eigenvalue weighted by atomic mass is 9.87. The summed E-state index contributed by atoms with van der Waals surface area (Å²) < 4.78 is 0. The Kier molecular flexibility index (Phi) is 4.64. The molecule has 134 valence electrons. The molecule has 1 atom stereocenters. The minimum absolute atomic E-state index is 0.352. The zero-order valence-electron chi connectivity index (χ0n) is 15.5. The van der Waals surface area contributed by atoms with E-state index in [2.05, 4.69) is 22.6 Å². The second-order valence-corrected chi connectivity index (χ2v) is 6.73. The van der Waals surface area contributed by atoms with Crippen LogP contribution in [0, 0.1) is 20.8 Å². The topological polar surface area (TPSA) is 61.8 Å². The number of nitrogens with zero attached hydrogens (tertiary/aromatic N) is 2. The Bertz CT molecular complexity index is 866. The molecule has 1 aliphatic rings. The Morgan fingerprint density at radius 2 is 1.69 bits per heavy atom. The van der Waals surface area contributed by atoms with E-state index in [9.17, 15) is 9.59 Å². The highest BCUT2D eigenvalue weighted by Gasteiger charge is 2.51. The summed E-state index contributed by atoms with van der Waals surface area (Å²) in [7, 11) is 0. The number of carbonyl (C=O) groups is 2. The van der Waals surface area contributed by atoms with Gasteiger partial charge >= 0.3 is 6.03 Å². The van der Waals surface area contributed by atoms with Crippen molar-refractivity contribution >= 4 is 18.2 Å². The van der Waals surface area contributed by atoms with Crippen LogP contribution < -0.4 is 5.32 Å². The first-order chi connectivity index (χ1) is 12.4. The fourth-order valence-corrected chi connectivity index (χ4v) is 3.54. The molecule has 1 heterocycles. The van der Waals surface area contributed by atoms with Crippen LogP contribution in [0.3, 0.4) is 0 Å². The standard InChI is InChI=1S/C21H23N3O2/c1-5-21(17-9-7-6-8-10-17)19(25)24(20(26)23-21)22-13-18-15(3)11-14(2)12-16(18)4/h6-13H,5H2,1-4H3,(H,23,26)/b22-13-/t21-/m1/s1. The molecule has 2 aromatic rings. The third-order valence-electron chi connectivity index (χ3n) is 4.91. The predicted octanol–water partition coefficient (Wildman–Crippen LogP) is 3.80. The maximum absolute atomic E-state index is 13.0. The zero-order valence-corrected chi connectivity index (χ0v) is 15.5. The monoisotopic (exact) mass is 349 g/mol. The second-order valence-electron chi connectivity index (χ2n) is 6.73. The van der Waals surface area contributed by atoms with Crippen molar-refractivity contribution in [3.63, 3.8) is 0 Å². The van der Waals surface area contributed by atoms with Crippen molar-refractivity contribution in [1.29, 1.82) is 0 Å². The van der Waals surface area contributed by atoms with Crippen molar-refractivity contribution in [3.8, 4) is 0 Å². The number of imide groups is 1. The van der Waals surface area contributed by atoms with Gasteiger partial charge in [0.1, 0.15) is 5.54 Å². The molecular weight excluding hydrogens is 326 g/mol. The molecule has 5 heteroatoms. The van der Waals surface area contributed by atoms with Gasteiger partial charge in [-0.3, -0.25) is 4.79 Å². The highest BCUT2D eigenvalue weighted by Crippen LogP contribution is 2.32. The third kappa shape index (κ3) is 2.90. The maximum atomic E-state index is 13.0. The highest BCUT2D eigenvalue weighted by molar-refractivity contribution is 6.07. The lowest BCUT2D eigenvalue weighted by Crippen LogP contribution is -2.43. The van der Waals surface area contributed by atoms with E-state index in [0.29, 0.717) is 6.42 Å².